The van der Waals surface area contributed by atoms with Crippen LogP contribution in [0.15, 0.2) is 35.6 Å². The van der Waals surface area contributed by atoms with E-state index >= 15 is 0 Å². The largest absolute Gasteiger partial charge is 0.480 e. The van der Waals surface area contributed by atoms with Gasteiger partial charge in [-0.2, -0.15) is 0 Å². The van der Waals surface area contributed by atoms with Crippen LogP contribution >= 0.6 is 0 Å². The van der Waals surface area contributed by atoms with Gasteiger partial charge >= 0.3 is 0 Å². The Hall–Kier alpha value is -3.41. The van der Waals surface area contributed by atoms with Crippen LogP contribution in [0.25, 0.3) is 0 Å². The number of ether oxygens (including phenoxy) is 3. The van der Waals surface area contributed by atoms with Gasteiger partial charge in [0.1, 0.15) is 36.5 Å². The number of methoxy groups -OCH3 is 1. The molecule has 4 unspecified atom stereocenters. The average molecular weight is 465 g/mol. The van der Waals surface area contributed by atoms with Gasteiger partial charge in [-0.25, -0.2) is 28.1 Å². The van der Waals surface area contributed by atoms with Crippen molar-refractivity contribution in [3.63, 3.8) is 0 Å². The Morgan fingerprint density at radius 2 is 2.15 bits per heavy atom. The first-order valence-electron chi connectivity index (χ1n) is 10.1. The molecule has 1 aromatic carbocycles. The van der Waals surface area contributed by atoms with E-state index in [-0.39, 0.29) is 41.9 Å². The fraction of sp³-hybridized carbons (Fsp3) is 0.429. The van der Waals surface area contributed by atoms with Crippen molar-refractivity contribution < 1.29 is 32.2 Å². The number of nitrogens with two attached hydrogens (primary N) is 1. The number of aliphatic imine (C=N–C) groups is 1. The first-order valence-corrected chi connectivity index (χ1v) is 10.1. The third kappa shape index (κ3) is 4.30. The molecule has 4 rings (SSSR count). The number of amidine groups is 1. The molecule has 12 heteroatoms. The summed E-state index contributed by atoms with van der Waals surface area (Å²) in [4.78, 5) is 24.5. The lowest BCUT2D eigenvalue weighted by Gasteiger charge is -2.46. The van der Waals surface area contributed by atoms with Gasteiger partial charge in [-0.05, 0) is 18.2 Å². The molecular weight excluding hydrogens is 443 g/mol. The Morgan fingerprint density at radius 1 is 1.33 bits per heavy atom. The summed E-state index contributed by atoms with van der Waals surface area (Å²) in [5.74, 6) is -1.89. The summed E-state index contributed by atoms with van der Waals surface area (Å²) in [6, 6.07) is 3.37. The summed E-state index contributed by atoms with van der Waals surface area (Å²) in [5, 5.41) is 2.58. The van der Waals surface area contributed by atoms with Gasteiger partial charge in [-0.1, -0.05) is 0 Å². The molecule has 3 N–H and O–H groups in total. The highest BCUT2D eigenvalue weighted by atomic mass is 19.1. The number of carbonyl (C=O) groups is 1. The number of alkyl halides is 2. The zero-order chi connectivity index (χ0) is 23.6. The number of fused-ring (bicyclic) bond motifs is 1. The summed E-state index contributed by atoms with van der Waals surface area (Å²) in [5.41, 5.74) is 4.07. The highest BCUT2D eigenvalue weighted by molar-refractivity contribution is 6.02. The maximum Gasteiger partial charge on any atom is 0.283 e. The molecule has 176 valence electrons. The van der Waals surface area contributed by atoms with Crippen LogP contribution in [0, 0.1) is 11.7 Å². The molecule has 1 saturated heterocycles. The summed E-state index contributed by atoms with van der Waals surface area (Å²) >= 11 is 0. The zero-order valence-electron chi connectivity index (χ0n) is 17.6. The molecule has 2 aromatic rings. The highest BCUT2D eigenvalue weighted by Gasteiger charge is 2.53. The summed E-state index contributed by atoms with van der Waals surface area (Å²) in [6.45, 7) is -1.95. The number of aromatic nitrogens is 2. The number of nitrogens with zero attached hydrogens (tertiary/aromatic N) is 3. The topological polar surface area (TPSA) is 121 Å². The smallest absolute Gasteiger partial charge is 0.283 e. The number of benzene rings is 1. The van der Waals surface area contributed by atoms with E-state index in [1.807, 2.05) is 0 Å². The summed E-state index contributed by atoms with van der Waals surface area (Å²) < 4.78 is 58.6. The van der Waals surface area contributed by atoms with Gasteiger partial charge in [-0.3, -0.25) is 4.79 Å². The van der Waals surface area contributed by atoms with E-state index < -0.39 is 48.7 Å². The van der Waals surface area contributed by atoms with E-state index in [2.05, 4.69) is 20.3 Å². The Balaban J connectivity index is 1.66. The minimum absolute atomic E-state index is 0.00628. The normalized spacial score (nSPS) is 26.5. The van der Waals surface area contributed by atoms with Gasteiger partial charge in [0.25, 0.3) is 11.9 Å². The van der Waals surface area contributed by atoms with Crippen LogP contribution in [0.5, 0.6) is 5.88 Å². The van der Waals surface area contributed by atoms with E-state index in [0.29, 0.717) is 0 Å². The molecule has 0 bridgehead atoms. The number of rotatable bonds is 6. The molecule has 4 atom stereocenters. The van der Waals surface area contributed by atoms with Crippen molar-refractivity contribution >= 4 is 17.6 Å². The first kappa shape index (κ1) is 22.8. The predicted molar refractivity (Wildman–Crippen MR) is 111 cm³/mol. The molecule has 1 amide bonds. The molecule has 3 heterocycles. The molecule has 1 fully saturated rings. The van der Waals surface area contributed by atoms with Crippen molar-refractivity contribution in [2.24, 2.45) is 16.6 Å². The lowest BCUT2D eigenvalue weighted by molar-refractivity contribution is -0.119. The third-order valence-corrected chi connectivity index (χ3v) is 5.79. The van der Waals surface area contributed by atoms with Crippen LogP contribution in [-0.4, -0.2) is 61.2 Å². The second-order valence-corrected chi connectivity index (χ2v) is 7.71. The maximum atomic E-state index is 15.0. The fourth-order valence-electron chi connectivity index (χ4n) is 4.11. The van der Waals surface area contributed by atoms with Gasteiger partial charge in [-0.15, -0.1) is 0 Å². The Labute approximate surface area is 187 Å². The number of anilines is 1. The minimum atomic E-state index is -1.76. The second-order valence-electron chi connectivity index (χ2n) is 7.71. The second kappa shape index (κ2) is 9.22. The van der Waals surface area contributed by atoms with Crippen LogP contribution in [0.3, 0.4) is 0 Å². The van der Waals surface area contributed by atoms with E-state index in [4.69, 9.17) is 19.9 Å². The van der Waals surface area contributed by atoms with E-state index in [1.54, 1.807) is 0 Å². The Morgan fingerprint density at radius 3 is 2.82 bits per heavy atom. The van der Waals surface area contributed by atoms with Crippen LogP contribution in [0.4, 0.5) is 18.9 Å². The van der Waals surface area contributed by atoms with Crippen LogP contribution in [0.2, 0.25) is 0 Å². The Kier molecular flexibility index (Phi) is 6.36. The molecule has 33 heavy (non-hydrogen) atoms. The Bertz CT molecular complexity index is 1050. The van der Waals surface area contributed by atoms with Gasteiger partial charge in [0.05, 0.1) is 38.1 Å². The van der Waals surface area contributed by atoms with Crippen molar-refractivity contribution in [1.29, 1.82) is 0 Å². The molecule has 0 saturated carbocycles. The van der Waals surface area contributed by atoms with E-state index in [9.17, 15) is 18.0 Å². The molecule has 2 aliphatic rings. The standard InChI is InChI=1S/C21H22F3N5O4/c1-31-18-8-26-16(7-27-18)19(30)28-11-2-3-15(24)13(4-11)21(10-23)14-9-32-12(6-22)5-17(14)33-20(25)29-21/h2-4,7-8,12,14,17H,5-6,9-10H2,1H3,(H2,25,29)(H,28,30). The summed E-state index contributed by atoms with van der Waals surface area (Å²) in [7, 11) is 1.41. The number of amides is 1. The van der Waals surface area contributed by atoms with Crippen LogP contribution in [0.1, 0.15) is 22.5 Å². The van der Waals surface area contributed by atoms with Gasteiger partial charge in [0.2, 0.25) is 5.88 Å². The number of hydrogen-bond donors (Lipinski definition) is 2. The third-order valence-electron chi connectivity index (χ3n) is 5.79. The number of nitrogens with one attached hydrogen (secondary N) is 1. The first-order chi connectivity index (χ1) is 15.9. The number of carbonyl (C=O) groups excluding carboxylic acids is 1. The molecule has 0 radical (unpaired) electrons. The van der Waals surface area contributed by atoms with E-state index in [0.717, 1.165) is 6.07 Å². The molecule has 0 aliphatic carbocycles. The molecule has 1 aromatic heterocycles. The highest BCUT2D eigenvalue weighted by Crippen LogP contribution is 2.45. The molecule has 0 spiro atoms. The van der Waals surface area contributed by atoms with Gasteiger partial charge in [0, 0.05) is 17.7 Å². The average Bonchev–Trinajstić information content (AvgIpc) is 2.84. The van der Waals surface area contributed by atoms with Gasteiger partial charge < -0.3 is 25.3 Å². The molecular formula is C21H22F3N5O4. The van der Waals surface area contributed by atoms with Crippen molar-refractivity contribution in [3.05, 3.63) is 47.7 Å². The maximum absolute atomic E-state index is 15.0. The monoisotopic (exact) mass is 465 g/mol. The quantitative estimate of drug-likeness (QED) is 0.670. The number of halogens is 3. The number of hydrogen-bond acceptors (Lipinski definition) is 8. The SMILES string of the molecule is COc1cnc(C(=O)Nc2ccc(F)c(C3(CF)N=C(N)OC4CC(CF)OCC43)c2)cn1. The lowest BCUT2D eigenvalue weighted by atomic mass is 9.73. The predicted octanol–water partition coefficient (Wildman–Crippen LogP) is 2.13. The molecule has 9 nitrogen and oxygen atoms in total. The zero-order valence-corrected chi connectivity index (χ0v) is 17.6. The fourth-order valence-corrected chi connectivity index (χ4v) is 4.11. The molecule has 2 aliphatic heterocycles. The van der Waals surface area contributed by atoms with Crippen molar-refractivity contribution in [3.8, 4) is 5.88 Å². The van der Waals surface area contributed by atoms with Gasteiger partial charge in [0.15, 0.2) is 0 Å². The van der Waals surface area contributed by atoms with Crippen LogP contribution < -0.4 is 15.8 Å². The minimum Gasteiger partial charge on any atom is -0.480 e. The lowest BCUT2D eigenvalue weighted by Crippen LogP contribution is -2.56. The van der Waals surface area contributed by atoms with Crippen LogP contribution in [-0.2, 0) is 15.0 Å². The van der Waals surface area contributed by atoms with Crippen molar-refractivity contribution in [1.82, 2.24) is 9.97 Å². The van der Waals surface area contributed by atoms with E-state index in [1.165, 1.54) is 31.6 Å². The van der Waals surface area contributed by atoms with Crippen molar-refractivity contribution in [2.45, 2.75) is 24.2 Å². The summed E-state index contributed by atoms with van der Waals surface area (Å²) in [6.07, 6.45) is 1.18. The van der Waals surface area contributed by atoms with Crippen molar-refractivity contribution in [2.75, 3.05) is 32.4 Å².